The third-order valence-corrected chi connectivity index (χ3v) is 5.22. The zero-order valence-electron chi connectivity index (χ0n) is 16.4. The van der Waals surface area contributed by atoms with Crippen molar-refractivity contribution in [2.75, 3.05) is 31.6 Å². The largest absolute Gasteiger partial charge is 0.372 e. The highest BCUT2D eigenvalue weighted by Crippen LogP contribution is 2.12. The van der Waals surface area contributed by atoms with Crippen LogP contribution in [0.1, 0.15) is 18.9 Å². The Morgan fingerprint density at radius 3 is 2.50 bits per heavy atom. The van der Waals surface area contributed by atoms with Gasteiger partial charge in [0.15, 0.2) is 5.96 Å². The predicted molar refractivity (Wildman–Crippen MR) is 115 cm³/mol. The second-order valence-electron chi connectivity index (χ2n) is 6.31. The molecule has 0 spiro atoms. The summed E-state index contributed by atoms with van der Waals surface area (Å²) in [5.41, 5.74) is 2.04. The molecule has 0 radical (unpaired) electrons. The van der Waals surface area contributed by atoms with Crippen molar-refractivity contribution >= 4 is 21.7 Å². The number of benzene rings is 2. The number of rotatable bonds is 9. The quantitative estimate of drug-likeness (QED) is 0.337. The van der Waals surface area contributed by atoms with E-state index >= 15 is 0 Å². The molecule has 0 fully saturated rings. The fourth-order valence-electron chi connectivity index (χ4n) is 2.82. The van der Waals surface area contributed by atoms with Crippen molar-refractivity contribution in [1.82, 2.24) is 10.6 Å². The molecule has 0 atom stereocenters. The first-order valence-electron chi connectivity index (χ1n) is 9.30. The summed E-state index contributed by atoms with van der Waals surface area (Å²) in [5, 5.41) is 11.7. The second-order valence-corrected chi connectivity index (χ2v) is 7.88. The molecule has 8 heteroatoms. The topological polar surface area (TPSA) is 99.8 Å². The second kappa shape index (κ2) is 10.7. The van der Waals surface area contributed by atoms with E-state index in [4.69, 9.17) is 5.14 Å². The van der Waals surface area contributed by atoms with Gasteiger partial charge in [-0.1, -0.05) is 30.3 Å². The van der Waals surface area contributed by atoms with Gasteiger partial charge in [-0.15, -0.1) is 0 Å². The van der Waals surface area contributed by atoms with Crippen LogP contribution in [0.5, 0.6) is 0 Å². The maximum atomic E-state index is 11.5. The molecule has 4 N–H and O–H groups in total. The Kier molecular flexibility index (Phi) is 8.28. The third kappa shape index (κ3) is 6.86. The number of aliphatic imine (C=N–C) groups is 1. The summed E-state index contributed by atoms with van der Waals surface area (Å²) in [5.74, 6) is 0.670. The molecule has 0 aliphatic carbocycles. The molecule has 0 bridgehead atoms. The van der Waals surface area contributed by atoms with E-state index in [1.54, 1.807) is 19.2 Å². The summed E-state index contributed by atoms with van der Waals surface area (Å²) < 4.78 is 22.9. The summed E-state index contributed by atoms with van der Waals surface area (Å²) >= 11 is 0. The van der Waals surface area contributed by atoms with Gasteiger partial charge in [0.25, 0.3) is 0 Å². The Bertz CT molecular complexity index is 869. The molecule has 0 aliphatic rings. The van der Waals surface area contributed by atoms with E-state index in [2.05, 4.69) is 39.6 Å². The van der Waals surface area contributed by atoms with Crippen LogP contribution in [0.2, 0.25) is 0 Å². The lowest BCUT2D eigenvalue weighted by Gasteiger charge is -2.23. The lowest BCUT2D eigenvalue weighted by atomic mass is 10.2. The summed E-state index contributed by atoms with van der Waals surface area (Å²) in [6.45, 7) is 5.28. The van der Waals surface area contributed by atoms with Crippen LogP contribution in [0.4, 0.5) is 5.69 Å². The maximum Gasteiger partial charge on any atom is 0.238 e. The molecule has 0 aromatic heterocycles. The number of hydrogen-bond donors (Lipinski definition) is 3. The number of nitrogens with zero attached hydrogens (tertiary/aromatic N) is 2. The molecule has 0 unspecified atom stereocenters. The van der Waals surface area contributed by atoms with Gasteiger partial charge in [-0.25, -0.2) is 13.6 Å². The lowest BCUT2D eigenvalue weighted by molar-refractivity contribution is 0.597. The molecule has 0 heterocycles. The van der Waals surface area contributed by atoms with Crippen molar-refractivity contribution in [2.45, 2.75) is 24.8 Å². The van der Waals surface area contributed by atoms with Crippen molar-refractivity contribution in [3.63, 3.8) is 0 Å². The zero-order chi connectivity index (χ0) is 20.4. The summed E-state index contributed by atoms with van der Waals surface area (Å²) in [6, 6.07) is 16.9. The van der Waals surface area contributed by atoms with Crippen LogP contribution in [-0.4, -0.2) is 41.1 Å². The van der Waals surface area contributed by atoms with Crippen LogP contribution in [-0.2, 0) is 16.6 Å². The number of para-hydroxylation sites is 1. The Balaban J connectivity index is 1.79. The molecule has 28 heavy (non-hydrogen) atoms. The first kappa shape index (κ1) is 21.7. The molecular formula is C20H29N5O2S. The number of anilines is 1. The highest BCUT2D eigenvalue weighted by Gasteiger charge is 2.08. The van der Waals surface area contributed by atoms with E-state index in [0.717, 1.165) is 31.6 Å². The Hall–Kier alpha value is -2.58. The standard InChI is InChI=1S/C20H29N5O2S/c1-3-25(18-10-5-4-6-11-18)14-8-13-23-20(22-2)24-16-17-9-7-12-19(15-17)28(21,26)27/h4-7,9-12,15H,3,8,13-14,16H2,1-2H3,(H2,21,26,27)(H2,22,23,24). The highest BCUT2D eigenvalue weighted by molar-refractivity contribution is 7.89. The van der Waals surface area contributed by atoms with Crippen molar-refractivity contribution in [3.8, 4) is 0 Å². The van der Waals surface area contributed by atoms with Gasteiger partial charge in [-0.2, -0.15) is 0 Å². The number of sulfonamides is 1. The molecule has 0 aliphatic heterocycles. The van der Waals surface area contributed by atoms with Gasteiger partial charge >= 0.3 is 0 Å². The van der Waals surface area contributed by atoms with Crippen LogP contribution in [0.3, 0.4) is 0 Å². The van der Waals surface area contributed by atoms with Gasteiger partial charge in [-0.3, -0.25) is 4.99 Å². The third-order valence-electron chi connectivity index (χ3n) is 4.31. The molecule has 2 rings (SSSR count). The molecule has 2 aromatic carbocycles. The summed E-state index contributed by atoms with van der Waals surface area (Å²) in [4.78, 5) is 6.64. The van der Waals surface area contributed by atoms with E-state index < -0.39 is 10.0 Å². The van der Waals surface area contributed by atoms with Crippen molar-refractivity contribution in [1.29, 1.82) is 0 Å². The number of nitrogens with two attached hydrogens (primary N) is 1. The normalized spacial score (nSPS) is 11.9. The van der Waals surface area contributed by atoms with Gasteiger partial charge in [0.05, 0.1) is 4.90 Å². The van der Waals surface area contributed by atoms with Crippen LogP contribution < -0.4 is 20.7 Å². The Morgan fingerprint density at radius 1 is 1.11 bits per heavy atom. The van der Waals surface area contributed by atoms with E-state index in [9.17, 15) is 8.42 Å². The van der Waals surface area contributed by atoms with E-state index in [-0.39, 0.29) is 4.90 Å². The highest BCUT2D eigenvalue weighted by atomic mass is 32.2. The Morgan fingerprint density at radius 2 is 1.86 bits per heavy atom. The van der Waals surface area contributed by atoms with Crippen LogP contribution in [0, 0.1) is 0 Å². The molecule has 2 aromatic rings. The average molecular weight is 404 g/mol. The van der Waals surface area contributed by atoms with Crippen LogP contribution >= 0.6 is 0 Å². The van der Waals surface area contributed by atoms with Crippen molar-refractivity contribution in [2.24, 2.45) is 10.1 Å². The number of guanidine groups is 1. The van der Waals surface area contributed by atoms with Crippen LogP contribution in [0.25, 0.3) is 0 Å². The number of hydrogen-bond acceptors (Lipinski definition) is 4. The molecule has 0 saturated carbocycles. The molecule has 0 amide bonds. The van der Waals surface area contributed by atoms with Crippen molar-refractivity contribution in [3.05, 3.63) is 60.2 Å². The van der Waals surface area contributed by atoms with Gasteiger partial charge in [0, 0.05) is 38.9 Å². The number of primary sulfonamides is 1. The van der Waals surface area contributed by atoms with Gasteiger partial charge in [0.2, 0.25) is 10.0 Å². The molecule has 152 valence electrons. The zero-order valence-corrected chi connectivity index (χ0v) is 17.2. The van der Waals surface area contributed by atoms with Crippen LogP contribution in [0.15, 0.2) is 64.5 Å². The van der Waals surface area contributed by atoms with Crippen molar-refractivity contribution < 1.29 is 8.42 Å². The Labute approximate surface area is 167 Å². The molecule has 0 saturated heterocycles. The molecular weight excluding hydrogens is 374 g/mol. The first-order valence-corrected chi connectivity index (χ1v) is 10.8. The van der Waals surface area contributed by atoms with Gasteiger partial charge in [-0.05, 0) is 43.2 Å². The van der Waals surface area contributed by atoms with E-state index in [0.29, 0.717) is 12.5 Å². The van der Waals surface area contributed by atoms with Gasteiger partial charge < -0.3 is 15.5 Å². The number of nitrogens with one attached hydrogen (secondary N) is 2. The monoisotopic (exact) mass is 403 g/mol. The van der Waals surface area contributed by atoms with E-state index in [1.807, 2.05) is 24.3 Å². The fourth-order valence-corrected chi connectivity index (χ4v) is 3.41. The minimum Gasteiger partial charge on any atom is -0.372 e. The van der Waals surface area contributed by atoms with E-state index in [1.165, 1.54) is 11.8 Å². The maximum absolute atomic E-state index is 11.5. The first-order chi connectivity index (χ1) is 13.4. The minimum atomic E-state index is -3.70. The predicted octanol–water partition coefficient (Wildman–Crippen LogP) is 1.92. The van der Waals surface area contributed by atoms with Gasteiger partial charge in [0.1, 0.15) is 0 Å². The SMILES string of the molecule is CCN(CCCNC(=NC)NCc1cccc(S(N)(=O)=O)c1)c1ccccc1. The summed E-state index contributed by atoms with van der Waals surface area (Å²) in [7, 11) is -1.99. The minimum absolute atomic E-state index is 0.107. The smallest absolute Gasteiger partial charge is 0.238 e. The lowest BCUT2D eigenvalue weighted by Crippen LogP contribution is -2.38. The average Bonchev–Trinajstić information content (AvgIpc) is 2.70. The molecule has 7 nitrogen and oxygen atoms in total. The fraction of sp³-hybridized carbons (Fsp3) is 0.350. The summed E-state index contributed by atoms with van der Waals surface area (Å²) in [6.07, 6.45) is 0.963.